The first-order chi connectivity index (χ1) is 13.5. The van der Waals surface area contributed by atoms with E-state index in [-0.39, 0.29) is 17.6 Å². The zero-order valence-corrected chi connectivity index (χ0v) is 15.5. The van der Waals surface area contributed by atoms with E-state index >= 15 is 0 Å². The van der Waals surface area contributed by atoms with Crippen LogP contribution in [0.5, 0.6) is 0 Å². The molecule has 0 unspecified atom stereocenters. The Bertz CT molecular complexity index is 967. The molecule has 3 rings (SSSR count). The van der Waals surface area contributed by atoms with E-state index in [0.29, 0.717) is 24.2 Å². The maximum absolute atomic E-state index is 12.9. The van der Waals surface area contributed by atoms with Crippen LogP contribution in [0.4, 0.5) is 4.39 Å². The maximum Gasteiger partial charge on any atom is 0.251 e. The lowest BCUT2D eigenvalue weighted by Crippen LogP contribution is -2.24. The molecule has 0 atom stereocenters. The van der Waals surface area contributed by atoms with Gasteiger partial charge in [0.15, 0.2) is 0 Å². The average molecular weight is 376 g/mol. The van der Waals surface area contributed by atoms with Crippen molar-refractivity contribution in [3.05, 3.63) is 106 Å². The second-order valence-corrected chi connectivity index (χ2v) is 6.50. The van der Waals surface area contributed by atoms with Crippen molar-refractivity contribution in [3.8, 4) is 0 Å². The van der Waals surface area contributed by atoms with Gasteiger partial charge in [-0.15, -0.1) is 0 Å². The normalized spacial score (nSPS) is 10.4. The number of hydrogen-bond acceptors (Lipinski definition) is 2. The minimum atomic E-state index is -0.314. The highest BCUT2D eigenvalue weighted by molar-refractivity contribution is 5.97. The van der Waals surface area contributed by atoms with Crippen molar-refractivity contribution in [2.45, 2.75) is 20.0 Å². The lowest BCUT2D eigenvalue weighted by Gasteiger charge is -2.09. The fourth-order valence-electron chi connectivity index (χ4n) is 2.75. The van der Waals surface area contributed by atoms with Gasteiger partial charge in [0, 0.05) is 24.2 Å². The summed E-state index contributed by atoms with van der Waals surface area (Å²) >= 11 is 0. The van der Waals surface area contributed by atoms with Crippen LogP contribution in [0.15, 0.2) is 72.8 Å². The number of nitrogens with one attached hydrogen (secondary N) is 2. The Labute approximate surface area is 163 Å². The quantitative estimate of drug-likeness (QED) is 0.683. The molecule has 0 saturated heterocycles. The van der Waals surface area contributed by atoms with Gasteiger partial charge >= 0.3 is 0 Å². The first-order valence-electron chi connectivity index (χ1n) is 8.98. The molecule has 0 aliphatic carbocycles. The fourth-order valence-corrected chi connectivity index (χ4v) is 2.75. The van der Waals surface area contributed by atoms with E-state index < -0.39 is 0 Å². The Morgan fingerprint density at radius 3 is 1.86 bits per heavy atom. The van der Waals surface area contributed by atoms with Gasteiger partial charge in [-0.25, -0.2) is 4.39 Å². The standard InChI is InChI=1S/C23H21FN2O2/c1-16-4-2-3-5-20(16)15-26-23(28)19-10-8-18(9-11-19)22(27)25-14-17-6-12-21(24)13-7-17/h2-13H,14-15H2,1H3,(H,25,27)(H,26,28). The predicted molar refractivity (Wildman–Crippen MR) is 106 cm³/mol. The summed E-state index contributed by atoms with van der Waals surface area (Å²) in [6, 6.07) is 20.3. The number of benzene rings is 3. The molecular formula is C23H21FN2O2. The third-order valence-corrected chi connectivity index (χ3v) is 4.48. The maximum atomic E-state index is 12.9. The van der Waals surface area contributed by atoms with Gasteiger partial charge in [0.05, 0.1) is 0 Å². The number of aryl methyl sites for hydroxylation is 1. The molecule has 0 heterocycles. The van der Waals surface area contributed by atoms with Gasteiger partial charge in [-0.3, -0.25) is 9.59 Å². The third kappa shape index (κ3) is 5.04. The monoisotopic (exact) mass is 376 g/mol. The zero-order valence-electron chi connectivity index (χ0n) is 15.5. The van der Waals surface area contributed by atoms with Crippen LogP contribution in [-0.4, -0.2) is 11.8 Å². The Morgan fingerprint density at radius 2 is 1.29 bits per heavy atom. The highest BCUT2D eigenvalue weighted by Crippen LogP contribution is 2.09. The third-order valence-electron chi connectivity index (χ3n) is 4.48. The number of carbonyl (C=O) groups excluding carboxylic acids is 2. The summed E-state index contributed by atoms with van der Waals surface area (Å²) in [5.41, 5.74) is 3.94. The van der Waals surface area contributed by atoms with Crippen LogP contribution in [0.3, 0.4) is 0 Å². The van der Waals surface area contributed by atoms with E-state index in [1.807, 2.05) is 31.2 Å². The molecule has 0 aliphatic heterocycles. The topological polar surface area (TPSA) is 58.2 Å². The van der Waals surface area contributed by atoms with Crippen molar-refractivity contribution in [1.82, 2.24) is 10.6 Å². The molecule has 0 radical (unpaired) electrons. The van der Waals surface area contributed by atoms with E-state index in [2.05, 4.69) is 10.6 Å². The molecule has 28 heavy (non-hydrogen) atoms. The van der Waals surface area contributed by atoms with Crippen LogP contribution in [0.2, 0.25) is 0 Å². The first-order valence-corrected chi connectivity index (χ1v) is 8.98. The van der Waals surface area contributed by atoms with Gasteiger partial charge in [0.2, 0.25) is 0 Å². The summed E-state index contributed by atoms with van der Waals surface area (Å²) in [5.74, 6) is -0.760. The van der Waals surface area contributed by atoms with E-state index in [9.17, 15) is 14.0 Å². The highest BCUT2D eigenvalue weighted by atomic mass is 19.1. The first kappa shape index (κ1) is 19.3. The van der Waals surface area contributed by atoms with Gasteiger partial charge in [0.1, 0.15) is 5.82 Å². The Morgan fingerprint density at radius 1 is 0.750 bits per heavy atom. The van der Waals surface area contributed by atoms with Crippen molar-refractivity contribution >= 4 is 11.8 Å². The van der Waals surface area contributed by atoms with Crippen LogP contribution in [0.25, 0.3) is 0 Å². The second kappa shape index (κ2) is 8.95. The molecule has 2 amide bonds. The van der Waals surface area contributed by atoms with Crippen molar-refractivity contribution in [2.24, 2.45) is 0 Å². The summed E-state index contributed by atoms with van der Waals surface area (Å²) < 4.78 is 12.9. The number of rotatable bonds is 6. The van der Waals surface area contributed by atoms with Crippen LogP contribution in [0.1, 0.15) is 37.4 Å². The Kier molecular flexibility index (Phi) is 6.17. The van der Waals surface area contributed by atoms with Gasteiger partial charge in [-0.05, 0) is 60.0 Å². The minimum Gasteiger partial charge on any atom is -0.348 e. The van der Waals surface area contributed by atoms with Crippen LogP contribution in [-0.2, 0) is 13.1 Å². The SMILES string of the molecule is Cc1ccccc1CNC(=O)c1ccc(C(=O)NCc2ccc(F)cc2)cc1. The smallest absolute Gasteiger partial charge is 0.251 e. The molecule has 3 aromatic carbocycles. The van der Waals surface area contributed by atoms with Crippen LogP contribution >= 0.6 is 0 Å². The van der Waals surface area contributed by atoms with Gasteiger partial charge in [-0.2, -0.15) is 0 Å². The van der Waals surface area contributed by atoms with Crippen molar-refractivity contribution in [1.29, 1.82) is 0 Å². The molecule has 3 aromatic rings. The minimum absolute atomic E-state index is 0.193. The van der Waals surface area contributed by atoms with E-state index in [4.69, 9.17) is 0 Å². The zero-order chi connectivity index (χ0) is 19.9. The van der Waals surface area contributed by atoms with E-state index in [1.165, 1.54) is 12.1 Å². The lowest BCUT2D eigenvalue weighted by molar-refractivity contribution is 0.0939. The summed E-state index contributed by atoms with van der Waals surface area (Å²) in [5, 5.41) is 5.66. The van der Waals surface area contributed by atoms with Crippen molar-refractivity contribution < 1.29 is 14.0 Å². The molecule has 4 nitrogen and oxygen atoms in total. The van der Waals surface area contributed by atoms with Gasteiger partial charge in [0.25, 0.3) is 11.8 Å². The van der Waals surface area contributed by atoms with Crippen molar-refractivity contribution in [3.63, 3.8) is 0 Å². The molecular weight excluding hydrogens is 355 g/mol. The molecule has 0 spiro atoms. The van der Waals surface area contributed by atoms with Crippen LogP contribution < -0.4 is 10.6 Å². The summed E-state index contributed by atoms with van der Waals surface area (Å²) in [6.07, 6.45) is 0. The predicted octanol–water partition coefficient (Wildman–Crippen LogP) is 3.99. The summed E-state index contributed by atoms with van der Waals surface area (Å²) in [7, 11) is 0. The van der Waals surface area contributed by atoms with Crippen molar-refractivity contribution in [2.75, 3.05) is 0 Å². The molecule has 0 saturated carbocycles. The summed E-state index contributed by atoms with van der Waals surface area (Å²) in [6.45, 7) is 2.75. The van der Waals surface area contributed by atoms with Gasteiger partial charge in [-0.1, -0.05) is 36.4 Å². The Balaban J connectivity index is 1.54. The summed E-state index contributed by atoms with van der Waals surface area (Å²) in [4.78, 5) is 24.5. The molecule has 0 aromatic heterocycles. The average Bonchev–Trinajstić information content (AvgIpc) is 2.72. The molecule has 5 heteroatoms. The largest absolute Gasteiger partial charge is 0.348 e. The molecule has 2 N–H and O–H groups in total. The van der Waals surface area contributed by atoms with Gasteiger partial charge < -0.3 is 10.6 Å². The Hall–Kier alpha value is -3.47. The fraction of sp³-hybridized carbons (Fsp3) is 0.130. The van der Waals surface area contributed by atoms with E-state index in [0.717, 1.165) is 16.7 Å². The molecule has 0 fully saturated rings. The highest BCUT2D eigenvalue weighted by Gasteiger charge is 2.09. The molecule has 142 valence electrons. The number of carbonyl (C=O) groups is 2. The van der Waals surface area contributed by atoms with E-state index in [1.54, 1.807) is 36.4 Å². The number of hydrogen-bond donors (Lipinski definition) is 2. The number of halogens is 1. The molecule has 0 aliphatic rings. The van der Waals surface area contributed by atoms with Crippen LogP contribution in [0, 0.1) is 12.7 Å². The second-order valence-electron chi connectivity index (χ2n) is 6.50. The molecule has 0 bridgehead atoms. The number of amides is 2. The lowest BCUT2D eigenvalue weighted by atomic mass is 10.1.